The Bertz CT molecular complexity index is 1250. The van der Waals surface area contributed by atoms with E-state index < -0.39 is 17.6 Å². The van der Waals surface area contributed by atoms with Crippen LogP contribution in [0.3, 0.4) is 0 Å². The number of H-pyrrole nitrogens is 1. The van der Waals surface area contributed by atoms with Crippen LogP contribution in [0.25, 0.3) is 10.9 Å². The zero-order chi connectivity index (χ0) is 25.3. The molecule has 0 bridgehead atoms. The van der Waals surface area contributed by atoms with Gasteiger partial charge in [-0.25, -0.2) is 0 Å². The second kappa shape index (κ2) is 9.91. The molecule has 0 radical (unpaired) electrons. The Hall–Kier alpha value is -3.43. The van der Waals surface area contributed by atoms with Crippen LogP contribution in [0, 0.1) is 5.41 Å². The molecule has 2 aliphatic heterocycles. The number of aliphatic hydroxyl groups excluding tert-OH is 2. The fraction of sp³-hybridized carbons (Fsp3) is 0.444. The Morgan fingerprint density at radius 3 is 2.61 bits per heavy atom. The van der Waals surface area contributed by atoms with Gasteiger partial charge in [-0.05, 0) is 42.4 Å². The molecule has 0 aliphatic carbocycles. The van der Waals surface area contributed by atoms with Crippen LogP contribution in [-0.2, 0) is 11.2 Å². The molecule has 9 heteroatoms. The number of hydrogen-bond donors (Lipinski definition) is 3. The number of nitrogens with zero attached hydrogens (tertiary/aromatic N) is 3. The van der Waals surface area contributed by atoms with E-state index in [0.29, 0.717) is 50.3 Å². The number of amides is 2. The Morgan fingerprint density at radius 2 is 1.81 bits per heavy atom. The van der Waals surface area contributed by atoms with Gasteiger partial charge in [0.1, 0.15) is 5.75 Å². The van der Waals surface area contributed by atoms with Crippen LogP contribution >= 0.6 is 0 Å². The highest BCUT2D eigenvalue weighted by Crippen LogP contribution is 2.39. The molecule has 1 spiro atoms. The van der Waals surface area contributed by atoms with Crippen molar-refractivity contribution in [1.82, 2.24) is 20.0 Å². The van der Waals surface area contributed by atoms with Crippen molar-refractivity contribution in [2.45, 2.75) is 37.9 Å². The first-order valence-corrected chi connectivity index (χ1v) is 12.4. The van der Waals surface area contributed by atoms with Crippen LogP contribution in [0.15, 0.2) is 48.5 Å². The molecule has 1 saturated heterocycles. The van der Waals surface area contributed by atoms with E-state index in [2.05, 4.69) is 10.2 Å². The molecule has 3 heterocycles. The highest BCUT2D eigenvalue weighted by molar-refractivity contribution is 6.04. The first-order valence-electron chi connectivity index (χ1n) is 12.4. The van der Waals surface area contributed by atoms with Gasteiger partial charge >= 0.3 is 0 Å². The average Bonchev–Trinajstić information content (AvgIpc) is 3.31. The number of para-hydroxylation sites is 2. The number of benzene rings is 2. The molecule has 5 rings (SSSR count). The highest BCUT2D eigenvalue weighted by Gasteiger charge is 2.41. The summed E-state index contributed by atoms with van der Waals surface area (Å²) >= 11 is 0. The lowest BCUT2D eigenvalue weighted by Gasteiger charge is -2.45. The van der Waals surface area contributed by atoms with Crippen molar-refractivity contribution in [1.29, 1.82) is 0 Å². The van der Waals surface area contributed by atoms with Gasteiger partial charge in [0.2, 0.25) is 0 Å². The molecule has 2 aromatic carbocycles. The Balaban J connectivity index is 1.34. The van der Waals surface area contributed by atoms with E-state index in [0.717, 1.165) is 16.5 Å². The number of aliphatic hydroxyl groups is 2. The first-order chi connectivity index (χ1) is 17.3. The molecule has 0 saturated carbocycles. The standard InChI is InChI=1S/C27H32N4O5/c1-30-17-27(15-22(33)21(32)14-18-6-2-5-9-23(18)36-16-24(30)34)10-12-31(13-11-27)26(35)25-19-7-3-4-8-20(19)28-29-25/h2-9,21-22,32-33H,10-17H2,1H3,(H,28,29)/t21-,22+/m0/s1. The second-order valence-electron chi connectivity index (χ2n) is 10.1. The van der Waals surface area contributed by atoms with Gasteiger partial charge in [-0.1, -0.05) is 36.4 Å². The maximum Gasteiger partial charge on any atom is 0.274 e. The molecule has 36 heavy (non-hydrogen) atoms. The number of fused-ring (bicyclic) bond motifs is 2. The molecule has 2 atom stereocenters. The molecular formula is C27H32N4O5. The number of likely N-dealkylation sites (tertiary alicyclic amines) is 1. The molecule has 2 aliphatic rings. The van der Waals surface area contributed by atoms with Gasteiger partial charge in [0.25, 0.3) is 11.8 Å². The van der Waals surface area contributed by atoms with Crippen molar-refractivity contribution in [2.24, 2.45) is 5.41 Å². The Labute approximate surface area is 209 Å². The van der Waals surface area contributed by atoms with E-state index in [1.165, 1.54) is 0 Å². The van der Waals surface area contributed by atoms with Crippen LogP contribution in [0.5, 0.6) is 5.75 Å². The van der Waals surface area contributed by atoms with E-state index >= 15 is 0 Å². The largest absolute Gasteiger partial charge is 0.483 e. The predicted molar refractivity (Wildman–Crippen MR) is 134 cm³/mol. The SMILES string of the molecule is CN1CC2(CCN(C(=O)c3n[nH]c4ccccc34)CC2)C[C@@H](O)[C@@H](O)Cc2ccccc2OCC1=O. The van der Waals surface area contributed by atoms with Crippen molar-refractivity contribution in [2.75, 3.05) is 33.3 Å². The minimum atomic E-state index is -0.974. The third-order valence-electron chi connectivity index (χ3n) is 7.62. The van der Waals surface area contributed by atoms with Crippen molar-refractivity contribution >= 4 is 22.7 Å². The normalized spacial score (nSPS) is 23.0. The van der Waals surface area contributed by atoms with Gasteiger partial charge in [0.05, 0.1) is 17.7 Å². The summed E-state index contributed by atoms with van der Waals surface area (Å²) in [5.41, 5.74) is 1.53. The molecule has 190 valence electrons. The predicted octanol–water partition coefficient (Wildman–Crippen LogP) is 1.99. The number of nitrogens with one attached hydrogen (secondary N) is 1. The summed E-state index contributed by atoms with van der Waals surface area (Å²) in [4.78, 5) is 29.6. The first kappa shape index (κ1) is 24.3. The summed E-state index contributed by atoms with van der Waals surface area (Å²) < 4.78 is 5.78. The molecule has 3 aromatic rings. The van der Waals surface area contributed by atoms with E-state index in [1.54, 1.807) is 22.9 Å². The number of carbonyl (C=O) groups excluding carboxylic acids is 2. The minimum Gasteiger partial charge on any atom is -0.483 e. The summed E-state index contributed by atoms with van der Waals surface area (Å²) in [7, 11) is 1.74. The van der Waals surface area contributed by atoms with Crippen LogP contribution in [0.2, 0.25) is 0 Å². The summed E-state index contributed by atoms with van der Waals surface area (Å²) in [6, 6.07) is 14.8. The van der Waals surface area contributed by atoms with Crippen molar-refractivity contribution in [3.63, 3.8) is 0 Å². The lowest BCUT2D eigenvalue weighted by Crippen LogP contribution is -2.51. The van der Waals surface area contributed by atoms with Crippen LogP contribution in [0.1, 0.15) is 35.3 Å². The summed E-state index contributed by atoms with van der Waals surface area (Å²) in [6.07, 6.45) is -0.184. The molecule has 1 fully saturated rings. The monoisotopic (exact) mass is 492 g/mol. The van der Waals surface area contributed by atoms with Gasteiger partial charge < -0.3 is 24.7 Å². The van der Waals surface area contributed by atoms with Gasteiger partial charge in [0.15, 0.2) is 12.3 Å². The average molecular weight is 493 g/mol. The summed E-state index contributed by atoms with van der Waals surface area (Å²) in [5, 5.41) is 29.8. The molecule has 3 N–H and O–H groups in total. The quantitative estimate of drug-likeness (QED) is 0.478. The summed E-state index contributed by atoms with van der Waals surface area (Å²) in [6.45, 7) is 1.27. The molecule has 0 unspecified atom stereocenters. The van der Waals surface area contributed by atoms with Gasteiger partial charge in [0, 0.05) is 38.5 Å². The number of likely N-dealkylation sites (N-methyl/N-ethyl adjacent to an activating group) is 1. The number of ether oxygens (including phenoxy) is 1. The lowest BCUT2D eigenvalue weighted by molar-refractivity contribution is -0.135. The van der Waals surface area contributed by atoms with Crippen molar-refractivity contribution < 1.29 is 24.5 Å². The second-order valence-corrected chi connectivity index (χ2v) is 10.1. The van der Waals surface area contributed by atoms with Crippen LogP contribution in [-0.4, -0.2) is 87.5 Å². The number of piperidine rings is 1. The maximum absolute atomic E-state index is 13.3. The van der Waals surface area contributed by atoms with Crippen molar-refractivity contribution in [3.8, 4) is 5.75 Å². The highest BCUT2D eigenvalue weighted by atomic mass is 16.5. The number of hydrogen-bond acceptors (Lipinski definition) is 6. The van der Waals surface area contributed by atoms with E-state index in [9.17, 15) is 19.8 Å². The van der Waals surface area contributed by atoms with Gasteiger partial charge in [-0.15, -0.1) is 0 Å². The van der Waals surface area contributed by atoms with Crippen LogP contribution in [0.4, 0.5) is 0 Å². The van der Waals surface area contributed by atoms with E-state index in [1.807, 2.05) is 42.5 Å². The fourth-order valence-corrected chi connectivity index (χ4v) is 5.48. The number of rotatable bonds is 1. The minimum absolute atomic E-state index is 0.0981. The van der Waals surface area contributed by atoms with Gasteiger partial charge in [-0.2, -0.15) is 5.10 Å². The fourth-order valence-electron chi connectivity index (χ4n) is 5.48. The Morgan fingerprint density at radius 1 is 1.08 bits per heavy atom. The molecule has 2 amide bonds. The van der Waals surface area contributed by atoms with Gasteiger partial charge in [-0.3, -0.25) is 14.7 Å². The topological polar surface area (TPSA) is 119 Å². The third-order valence-corrected chi connectivity index (χ3v) is 7.62. The zero-order valence-electron chi connectivity index (χ0n) is 20.4. The molecule has 9 nitrogen and oxygen atoms in total. The van der Waals surface area contributed by atoms with Crippen molar-refractivity contribution in [3.05, 3.63) is 59.8 Å². The Kier molecular flexibility index (Phi) is 6.68. The summed E-state index contributed by atoms with van der Waals surface area (Å²) in [5.74, 6) is 0.255. The number of aromatic nitrogens is 2. The lowest BCUT2D eigenvalue weighted by atomic mass is 9.72. The smallest absolute Gasteiger partial charge is 0.274 e. The van der Waals surface area contributed by atoms with E-state index in [-0.39, 0.29) is 24.8 Å². The molecule has 1 aromatic heterocycles. The number of aromatic amines is 1. The maximum atomic E-state index is 13.3. The zero-order valence-corrected chi connectivity index (χ0v) is 20.4. The number of carbonyl (C=O) groups is 2. The third kappa shape index (κ3) is 4.81. The van der Waals surface area contributed by atoms with Crippen LogP contribution < -0.4 is 4.74 Å². The van der Waals surface area contributed by atoms with E-state index in [4.69, 9.17) is 4.74 Å². The molecular weight excluding hydrogens is 460 g/mol.